The minimum atomic E-state index is -0.899. The van der Waals surface area contributed by atoms with Gasteiger partial charge in [0.2, 0.25) is 11.0 Å². The second-order valence-corrected chi connectivity index (χ2v) is 6.51. The highest BCUT2D eigenvalue weighted by molar-refractivity contribution is 7.98. The first-order valence-electron chi connectivity index (χ1n) is 6.65. The minimum Gasteiger partial charge on any atom is -0.481 e. The van der Waals surface area contributed by atoms with Crippen molar-refractivity contribution in [2.45, 2.75) is 29.9 Å². The summed E-state index contributed by atoms with van der Waals surface area (Å²) in [5, 5.41) is 20.4. The number of benzene rings is 1. The van der Waals surface area contributed by atoms with E-state index in [1.165, 1.54) is 11.3 Å². The first-order chi connectivity index (χ1) is 10.6. The molecule has 1 aromatic carbocycles. The van der Waals surface area contributed by atoms with E-state index in [1.807, 2.05) is 30.3 Å². The van der Waals surface area contributed by atoms with Crippen LogP contribution in [0.25, 0.3) is 0 Å². The van der Waals surface area contributed by atoms with Crippen LogP contribution in [0.5, 0.6) is 0 Å². The van der Waals surface area contributed by atoms with Crippen molar-refractivity contribution in [2.75, 3.05) is 5.32 Å². The highest BCUT2D eigenvalue weighted by Crippen LogP contribution is 2.25. The molecule has 1 amide bonds. The van der Waals surface area contributed by atoms with Crippen LogP contribution in [-0.4, -0.2) is 27.2 Å². The fraction of sp³-hybridized carbons (Fsp3) is 0.286. The molecule has 0 fully saturated rings. The molecule has 6 nitrogen and oxygen atoms in total. The van der Waals surface area contributed by atoms with E-state index in [9.17, 15) is 9.59 Å². The van der Waals surface area contributed by atoms with Crippen molar-refractivity contribution in [3.63, 3.8) is 0 Å². The van der Waals surface area contributed by atoms with Crippen molar-refractivity contribution in [3.05, 3.63) is 35.3 Å². The van der Waals surface area contributed by atoms with Crippen molar-refractivity contribution in [1.29, 1.82) is 0 Å². The molecule has 2 aromatic rings. The molecule has 0 bridgehead atoms. The zero-order chi connectivity index (χ0) is 15.8. The number of rotatable bonds is 8. The molecule has 0 aliphatic rings. The summed E-state index contributed by atoms with van der Waals surface area (Å²) < 4.78 is 0. The molecule has 0 spiro atoms. The summed E-state index contributed by atoms with van der Waals surface area (Å²) >= 11 is 2.98. The van der Waals surface area contributed by atoms with E-state index in [2.05, 4.69) is 15.5 Å². The molecule has 1 heterocycles. The molecule has 0 aliphatic heterocycles. The van der Waals surface area contributed by atoms with Gasteiger partial charge in [-0.1, -0.05) is 29.5 Å². The van der Waals surface area contributed by atoms with Crippen molar-refractivity contribution in [2.24, 2.45) is 0 Å². The number of aromatic nitrogens is 2. The summed E-state index contributed by atoms with van der Waals surface area (Å²) in [6.45, 7) is 0. The third-order valence-electron chi connectivity index (χ3n) is 2.61. The van der Waals surface area contributed by atoms with E-state index in [4.69, 9.17) is 5.11 Å². The Balaban J connectivity index is 1.76. The molecule has 0 aliphatic carbocycles. The number of aliphatic carboxylic acids is 1. The van der Waals surface area contributed by atoms with Gasteiger partial charge in [0.1, 0.15) is 5.01 Å². The van der Waals surface area contributed by atoms with Gasteiger partial charge >= 0.3 is 5.97 Å². The number of hydrogen-bond acceptors (Lipinski definition) is 6. The van der Waals surface area contributed by atoms with Crippen LogP contribution in [0, 0.1) is 0 Å². The Morgan fingerprint density at radius 3 is 2.68 bits per heavy atom. The number of carbonyl (C=O) groups excluding carboxylic acids is 1. The fourth-order valence-corrected chi connectivity index (χ4v) is 3.27. The predicted molar refractivity (Wildman–Crippen MR) is 86.0 cm³/mol. The average Bonchev–Trinajstić information content (AvgIpc) is 2.93. The number of carboxylic acid groups (broad SMARTS) is 1. The predicted octanol–water partition coefficient (Wildman–Crippen LogP) is 3.02. The van der Waals surface area contributed by atoms with Crippen LogP contribution in [0.1, 0.15) is 24.3 Å². The maximum atomic E-state index is 11.6. The topological polar surface area (TPSA) is 92.2 Å². The molecular weight excluding hydrogens is 322 g/mol. The van der Waals surface area contributed by atoms with Gasteiger partial charge < -0.3 is 10.4 Å². The summed E-state index contributed by atoms with van der Waals surface area (Å²) in [5.41, 5.74) is 0. The largest absolute Gasteiger partial charge is 0.481 e. The van der Waals surface area contributed by atoms with Crippen molar-refractivity contribution in [3.8, 4) is 0 Å². The number of thioether (sulfide) groups is 1. The number of hydrogen-bond donors (Lipinski definition) is 2. The molecule has 0 saturated heterocycles. The van der Waals surface area contributed by atoms with Gasteiger partial charge in [-0.2, -0.15) is 0 Å². The Morgan fingerprint density at radius 1 is 1.18 bits per heavy atom. The van der Waals surface area contributed by atoms with Crippen LogP contribution in [0.15, 0.2) is 35.2 Å². The quantitative estimate of drug-likeness (QED) is 0.719. The van der Waals surface area contributed by atoms with Crippen molar-refractivity contribution >= 4 is 40.1 Å². The van der Waals surface area contributed by atoms with Crippen LogP contribution in [-0.2, 0) is 15.3 Å². The second-order valence-electron chi connectivity index (χ2n) is 4.40. The Kier molecular flexibility index (Phi) is 6.35. The zero-order valence-corrected chi connectivity index (χ0v) is 13.3. The standard InChI is InChI=1S/C14H15N3O3S2/c18-11(7-4-8-13(19)20)15-14-17-16-12(22-14)9-21-10-5-2-1-3-6-10/h1-3,5-6H,4,7-9H2,(H,19,20)(H,15,17,18). The number of carbonyl (C=O) groups is 2. The number of nitrogens with one attached hydrogen (secondary N) is 1. The van der Waals surface area contributed by atoms with E-state index in [0.717, 1.165) is 9.90 Å². The summed E-state index contributed by atoms with van der Waals surface area (Å²) in [6.07, 6.45) is 0.471. The van der Waals surface area contributed by atoms with Crippen LogP contribution < -0.4 is 5.32 Å². The van der Waals surface area contributed by atoms with Crippen LogP contribution in [0.2, 0.25) is 0 Å². The Labute approximate surface area is 136 Å². The number of amides is 1. The lowest BCUT2D eigenvalue weighted by Gasteiger charge is -1.99. The van der Waals surface area contributed by atoms with Crippen molar-refractivity contribution in [1.82, 2.24) is 10.2 Å². The molecule has 0 unspecified atom stereocenters. The van der Waals surface area contributed by atoms with E-state index >= 15 is 0 Å². The van der Waals surface area contributed by atoms with Gasteiger partial charge in [-0.25, -0.2) is 0 Å². The van der Waals surface area contributed by atoms with Gasteiger partial charge in [-0.15, -0.1) is 22.0 Å². The van der Waals surface area contributed by atoms with E-state index < -0.39 is 5.97 Å². The smallest absolute Gasteiger partial charge is 0.303 e. The molecule has 0 radical (unpaired) electrons. The highest BCUT2D eigenvalue weighted by atomic mass is 32.2. The van der Waals surface area contributed by atoms with E-state index in [-0.39, 0.29) is 18.7 Å². The first-order valence-corrected chi connectivity index (χ1v) is 8.45. The van der Waals surface area contributed by atoms with Crippen LogP contribution in [0.4, 0.5) is 5.13 Å². The maximum Gasteiger partial charge on any atom is 0.303 e. The number of anilines is 1. The zero-order valence-electron chi connectivity index (χ0n) is 11.7. The molecule has 2 N–H and O–H groups in total. The molecule has 0 atom stereocenters. The Bertz CT molecular complexity index is 631. The lowest BCUT2D eigenvalue weighted by Crippen LogP contribution is -2.11. The van der Waals surface area contributed by atoms with E-state index in [0.29, 0.717) is 17.3 Å². The lowest BCUT2D eigenvalue weighted by molar-refractivity contribution is -0.137. The molecule has 22 heavy (non-hydrogen) atoms. The fourth-order valence-electron chi connectivity index (χ4n) is 1.61. The van der Waals surface area contributed by atoms with Gasteiger partial charge in [-0.05, 0) is 18.6 Å². The monoisotopic (exact) mass is 337 g/mol. The molecule has 2 rings (SSSR count). The van der Waals surface area contributed by atoms with E-state index in [1.54, 1.807) is 11.8 Å². The first kappa shape index (κ1) is 16.4. The van der Waals surface area contributed by atoms with Crippen LogP contribution in [0.3, 0.4) is 0 Å². The molecular formula is C14H15N3O3S2. The molecule has 8 heteroatoms. The maximum absolute atomic E-state index is 11.6. The molecule has 0 saturated carbocycles. The van der Waals surface area contributed by atoms with Crippen LogP contribution >= 0.6 is 23.1 Å². The second kappa shape index (κ2) is 8.50. The summed E-state index contributed by atoms with van der Waals surface area (Å²) in [4.78, 5) is 23.1. The minimum absolute atomic E-state index is 0.0114. The highest BCUT2D eigenvalue weighted by Gasteiger charge is 2.09. The van der Waals surface area contributed by atoms with Crippen molar-refractivity contribution < 1.29 is 14.7 Å². The number of nitrogens with zero attached hydrogens (tertiary/aromatic N) is 2. The number of carboxylic acids is 1. The van der Waals surface area contributed by atoms with Gasteiger partial charge in [0.15, 0.2) is 0 Å². The van der Waals surface area contributed by atoms with Gasteiger partial charge in [0.05, 0.1) is 5.75 Å². The van der Waals surface area contributed by atoms with Gasteiger partial charge in [-0.3, -0.25) is 9.59 Å². The Morgan fingerprint density at radius 2 is 1.95 bits per heavy atom. The molecule has 1 aromatic heterocycles. The molecule has 116 valence electrons. The van der Waals surface area contributed by atoms with Gasteiger partial charge in [0, 0.05) is 17.7 Å². The summed E-state index contributed by atoms with van der Waals surface area (Å²) in [5.74, 6) is -0.445. The van der Waals surface area contributed by atoms with Gasteiger partial charge in [0.25, 0.3) is 0 Å². The lowest BCUT2D eigenvalue weighted by atomic mass is 10.2. The average molecular weight is 337 g/mol. The normalized spacial score (nSPS) is 10.4. The Hall–Kier alpha value is -1.93. The third-order valence-corrected chi connectivity index (χ3v) is 4.66. The SMILES string of the molecule is O=C(O)CCCC(=O)Nc1nnc(CSc2ccccc2)s1. The summed E-state index contributed by atoms with van der Waals surface area (Å²) in [7, 11) is 0. The third kappa shape index (κ3) is 5.82. The summed E-state index contributed by atoms with van der Waals surface area (Å²) in [6, 6.07) is 9.97.